The molecule has 0 aromatic heterocycles. The Balaban J connectivity index is 1.41. The van der Waals surface area contributed by atoms with Gasteiger partial charge in [-0.3, -0.25) is 4.79 Å². The van der Waals surface area contributed by atoms with Gasteiger partial charge in [0.2, 0.25) is 6.17 Å². The number of hydrogen-bond acceptors (Lipinski definition) is 4. The molecular weight excluding hydrogens is 426 g/mol. The van der Waals surface area contributed by atoms with E-state index >= 15 is 0 Å². The molecule has 0 unspecified atom stereocenters. The van der Waals surface area contributed by atoms with Crippen molar-refractivity contribution in [1.82, 2.24) is 10.2 Å². The van der Waals surface area contributed by atoms with E-state index in [1.807, 2.05) is 36.4 Å². The summed E-state index contributed by atoms with van der Waals surface area (Å²) >= 11 is 0. The molecule has 178 valence electrons. The molecule has 2 N–H and O–H groups in total. The molecule has 7 heteroatoms. The number of urea groups is 1. The molecule has 34 heavy (non-hydrogen) atoms. The van der Waals surface area contributed by atoms with Gasteiger partial charge in [0.05, 0.1) is 5.69 Å². The standard InChI is InChI=1S/C27H33N5O2/c1-31(21-11-4-3-5-12-21)25-22-13-6-7-14-23(22)32(2)26(33)24(29-25)30-27(34)28-20-16-15-18-9-8-10-19(18)17-20/h6-7,13-17,21,24H,3-5,8-12H2,1-2H3,(H2,28,30,34)/t24-/m0/s1. The predicted octanol–water partition coefficient (Wildman–Crippen LogP) is 4.31. The first kappa shape index (κ1) is 22.4. The molecule has 0 saturated heterocycles. The summed E-state index contributed by atoms with van der Waals surface area (Å²) < 4.78 is 0. The Kier molecular flexibility index (Phi) is 6.26. The number of rotatable bonds is 3. The molecule has 1 aliphatic heterocycles. The van der Waals surface area contributed by atoms with E-state index in [-0.39, 0.29) is 5.91 Å². The molecule has 2 aromatic rings. The number of fused-ring (bicyclic) bond motifs is 2. The number of aryl methyl sites for hydroxylation is 2. The van der Waals surface area contributed by atoms with Gasteiger partial charge in [-0.25, -0.2) is 9.79 Å². The highest BCUT2D eigenvalue weighted by molar-refractivity contribution is 6.12. The van der Waals surface area contributed by atoms with E-state index in [9.17, 15) is 9.59 Å². The number of likely N-dealkylation sites (N-methyl/N-ethyl adjacent to an activating group) is 1. The Morgan fingerprint density at radius 2 is 1.79 bits per heavy atom. The highest BCUT2D eigenvalue weighted by atomic mass is 16.2. The summed E-state index contributed by atoms with van der Waals surface area (Å²) in [5.74, 6) is 0.492. The van der Waals surface area contributed by atoms with Gasteiger partial charge in [-0.2, -0.15) is 0 Å². The molecule has 0 radical (unpaired) electrons. The third-order valence-corrected chi connectivity index (χ3v) is 7.40. The molecule has 2 aromatic carbocycles. The van der Waals surface area contributed by atoms with Gasteiger partial charge in [0.1, 0.15) is 5.84 Å². The number of carbonyl (C=O) groups is 2. The molecule has 7 nitrogen and oxygen atoms in total. The van der Waals surface area contributed by atoms with Crippen molar-refractivity contribution in [2.75, 3.05) is 24.3 Å². The number of carbonyl (C=O) groups excluding carboxylic acids is 2. The Morgan fingerprint density at radius 1 is 1.03 bits per heavy atom. The second kappa shape index (κ2) is 9.49. The fraction of sp³-hybridized carbons (Fsp3) is 0.444. The van der Waals surface area contributed by atoms with Crippen LogP contribution in [0.2, 0.25) is 0 Å². The van der Waals surface area contributed by atoms with Crippen LogP contribution in [0.5, 0.6) is 0 Å². The third-order valence-electron chi connectivity index (χ3n) is 7.40. The van der Waals surface area contributed by atoms with Crippen LogP contribution >= 0.6 is 0 Å². The fourth-order valence-corrected chi connectivity index (χ4v) is 5.46. The predicted molar refractivity (Wildman–Crippen MR) is 135 cm³/mol. The van der Waals surface area contributed by atoms with Crippen LogP contribution in [0.4, 0.5) is 16.2 Å². The minimum Gasteiger partial charge on any atom is -0.356 e. The summed E-state index contributed by atoms with van der Waals surface area (Å²) in [5, 5.41) is 5.72. The molecule has 1 heterocycles. The van der Waals surface area contributed by atoms with Crippen LogP contribution in [0.1, 0.15) is 55.2 Å². The molecule has 0 spiro atoms. The zero-order valence-electron chi connectivity index (χ0n) is 20.0. The van der Waals surface area contributed by atoms with Gasteiger partial charge < -0.3 is 20.4 Å². The highest BCUT2D eigenvalue weighted by Crippen LogP contribution is 2.29. The molecule has 5 rings (SSSR count). The number of hydrogen-bond donors (Lipinski definition) is 2. The lowest BCUT2D eigenvalue weighted by atomic mass is 9.94. The quantitative estimate of drug-likeness (QED) is 0.718. The maximum Gasteiger partial charge on any atom is 0.321 e. The van der Waals surface area contributed by atoms with Crippen molar-refractivity contribution < 1.29 is 9.59 Å². The highest BCUT2D eigenvalue weighted by Gasteiger charge is 2.33. The number of amides is 3. The van der Waals surface area contributed by atoms with E-state index in [2.05, 4.69) is 28.6 Å². The summed E-state index contributed by atoms with van der Waals surface area (Å²) in [6, 6.07) is 13.8. The Hall–Kier alpha value is -3.35. The van der Waals surface area contributed by atoms with Gasteiger partial charge in [-0.1, -0.05) is 37.5 Å². The van der Waals surface area contributed by atoms with E-state index in [0.29, 0.717) is 6.04 Å². The van der Waals surface area contributed by atoms with E-state index in [0.717, 1.165) is 54.9 Å². The Morgan fingerprint density at radius 3 is 2.62 bits per heavy atom. The van der Waals surface area contributed by atoms with Crippen LogP contribution in [0, 0.1) is 0 Å². The van der Waals surface area contributed by atoms with E-state index in [1.54, 1.807) is 11.9 Å². The minimum atomic E-state index is -1.01. The fourth-order valence-electron chi connectivity index (χ4n) is 5.46. The molecule has 2 aliphatic carbocycles. The third kappa shape index (κ3) is 4.39. The number of nitrogens with one attached hydrogen (secondary N) is 2. The largest absolute Gasteiger partial charge is 0.356 e. The second-order valence-electron chi connectivity index (χ2n) is 9.61. The summed E-state index contributed by atoms with van der Waals surface area (Å²) in [5.41, 5.74) is 5.09. The van der Waals surface area contributed by atoms with Crippen molar-refractivity contribution >= 4 is 29.1 Å². The normalized spacial score (nSPS) is 20.2. The lowest BCUT2D eigenvalue weighted by Crippen LogP contribution is -2.48. The summed E-state index contributed by atoms with van der Waals surface area (Å²) in [7, 11) is 3.80. The summed E-state index contributed by atoms with van der Waals surface area (Å²) in [6.45, 7) is 0. The topological polar surface area (TPSA) is 77.0 Å². The molecule has 0 bridgehead atoms. The van der Waals surface area contributed by atoms with Crippen LogP contribution < -0.4 is 15.5 Å². The molecule has 1 saturated carbocycles. The van der Waals surface area contributed by atoms with Crippen molar-refractivity contribution in [3.05, 3.63) is 59.2 Å². The van der Waals surface area contributed by atoms with Crippen molar-refractivity contribution in [2.24, 2.45) is 4.99 Å². The van der Waals surface area contributed by atoms with Crippen molar-refractivity contribution in [3.63, 3.8) is 0 Å². The van der Waals surface area contributed by atoms with Gasteiger partial charge in [0, 0.05) is 31.4 Å². The van der Waals surface area contributed by atoms with Gasteiger partial charge in [0.15, 0.2) is 0 Å². The Bertz CT molecular complexity index is 1120. The maximum absolute atomic E-state index is 13.4. The smallest absolute Gasteiger partial charge is 0.321 e. The zero-order valence-corrected chi connectivity index (χ0v) is 20.0. The van der Waals surface area contributed by atoms with Crippen LogP contribution in [-0.4, -0.2) is 49.0 Å². The van der Waals surface area contributed by atoms with Gasteiger partial charge in [-0.05, 0) is 67.5 Å². The van der Waals surface area contributed by atoms with Crippen LogP contribution in [-0.2, 0) is 17.6 Å². The molecule has 1 atom stereocenters. The Labute approximate surface area is 201 Å². The minimum absolute atomic E-state index is 0.261. The van der Waals surface area contributed by atoms with Crippen LogP contribution in [0.25, 0.3) is 0 Å². The van der Waals surface area contributed by atoms with E-state index < -0.39 is 12.2 Å². The number of benzodiazepines with no additional fused rings is 1. The summed E-state index contributed by atoms with van der Waals surface area (Å²) in [6.07, 6.45) is 8.17. The lowest BCUT2D eigenvalue weighted by Gasteiger charge is -2.34. The van der Waals surface area contributed by atoms with E-state index in [4.69, 9.17) is 4.99 Å². The average molecular weight is 460 g/mol. The molecule has 1 fully saturated rings. The monoisotopic (exact) mass is 459 g/mol. The van der Waals surface area contributed by atoms with Crippen LogP contribution in [0.15, 0.2) is 47.5 Å². The van der Waals surface area contributed by atoms with Gasteiger partial charge >= 0.3 is 6.03 Å². The number of amidine groups is 1. The van der Waals surface area contributed by atoms with Crippen molar-refractivity contribution in [2.45, 2.75) is 63.6 Å². The molecule has 3 aliphatic rings. The summed E-state index contributed by atoms with van der Waals surface area (Å²) in [4.78, 5) is 34.9. The number of benzene rings is 2. The van der Waals surface area contributed by atoms with Crippen LogP contribution in [0.3, 0.4) is 0 Å². The molecular formula is C27H33N5O2. The second-order valence-corrected chi connectivity index (χ2v) is 9.61. The van der Waals surface area contributed by atoms with Crippen molar-refractivity contribution in [3.8, 4) is 0 Å². The molecule has 3 amide bonds. The average Bonchev–Trinajstić information content (AvgIpc) is 3.30. The van der Waals surface area contributed by atoms with Gasteiger partial charge in [0.25, 0.3) is 5.91 Å². The number of para-hydroxylation sites is 1. The maximum atomic E-state index is 13.4. The zero-order chi connectivity index (χ0) is 23.7. The number of nitrogens with zero attached hydrogens (tertiary/aromatic N) is 3. The number of anilines is 2. The number of aliphatic imine (C=N–C) groups is 1. The SMILES string of the molecule is CN1C(=O)[C@H](NC(=O)Nc2ccc3c(c2)CCC3)N=C(N(C)C2CCCCC2)c2ccccc21. The first-order chi connectivity index (χ1) is 16.5. The van der Waals surface area contributed by atoms with Gasteiger partial charge in [-0.15, -0.1) is 0 Å². The first-order valence-corrected chi connectivity index (χ1v) is 12.4. The van der Waals surface area contributed by atoms with E-state index in [1.165, 1.54) is 30.4 Å². The lowest BCUT2D eigenvalue weighted by molar-refractivity contribution is -0.119. The van der Waals surface area contributed by atoms with Crippen molar-refractivity contribution in [1.29, 1.82) is 0 Å². The first-order valence-electron chi connectivity index (χ1n) is 12.4.